The molecule has 1 aliphatic rings. The van der Waals surface area contributed by atoms with Crippen LogP contribution in [-0.4, -0.2) is 44.1 Å². The van der Waals surface area contributed by atoms with E-state index in [4.69, 9.17) is 15.7 Å². The molecule has 0 spiro atoms. The number of nitrogens with two attached hydrogens (primary N) is 1. The zero-order chi connectivity index (χ0) is 27.7. The van der Waals surface area contributed by atoms with Gasteiger partial charge in [0.2, 0.25) is 5.91 Å². The second-order valence-electron chi connectivity index (χ2n) is 10.7. The molecule has 1 aromatic carbocycles. The molecular formula is C30H35N7O2. The number of pyridine rings is 2. The van der Waals surface area contributed by atoms with Crippen molar-refractivity contribution in [1.82, 2.24) is 30.4 Å². The average molecular weight is 526 g/mol. The Morgan fingerprint density at radius 3 is 2.64 bits per heavy atom. The van der Waals surface area contributed by atoms with E-state index in [1.165, 1.54) is 0 Å². The third kappa shape index (κ3) is 5.27. The van der Waals surface area contributed by atoms with Crippen LogP contribution in [0.15, 0.2) is 54.9 Å². The molecule has 4 N–H and O–H groups in total. The zero-order valence-electron chi connectivity index (χ0n) is 22.8. The van der Waals surface area contributed by atoms with Crippen molar-refractivity contribution in [3.63, 3.8) is 0 Å². The van der Waals surface area contributed by atoms with Gasteiger partial charge in [-0.05, 0) is 56.9 Å². The van der Waals surface area contributed by atoms with Gasteiger partial charge >= 0.3 is 0 Å². The van der Waals surface area contributed by atoms with Crippen molar-refractivity contribution in [2.75, 3.05) is 6.54 Å². The minimum atomic E-state index is -0.270. The van der Waals surface area contributed by atoms with Crippen LogP contribution in [0.2, 0.25) is 0 Å². The summed E-state index contributed by atoms with van der Waals surface area (Å²) < 4.78 is 1.81. The molecule has 0 bridgehead atoms. The van der Waals surface area contributed by atoms with Crippen LogP contribution >= 0.6 is 0 Å². The normalized spacial score (nSPS) is 19.3. The van der Waals surface area contributed by atoms with Gasteiger partial charge in [0.05, 0.1) is 34.5 Å². The largest absolute Gasteiger partial charge is 0.353 e. The molecule has 4 aromatic rings. The molecule has 4 heterocycles. The summed E-state index contributed by atoms with van der Waals surface area (Å²) in [4.78, 5) is 35.7. The molecule has 1 fully saturated rings. The van der Waals surface area contributed by atoms with Gasteiger partial charge in [0.1, 0.15) is 0 Å². The third-order valence-corrected chi connectivity index (χ3v) is 7.49. The molecule has 0 radical (unpaired) electrons. The molecule has 5 rings (SSSR count). The monoisotopic (exact) mass is 525 g/mol. The second kappa shape index (κ2) is 10.9. The van der Waals surface area contributed by atoms with Crippen molar-refractivity contribution in [2.24, 2.45) is 17.6 Å². The van der Waals surface area contributed by atoms with E-state index in [0.717, 1.165) is 28.8 Å². The smallest absolute Gasteiger partial charge is 0.252 e. The van der Waals surface area contributed by atoms with Gasteiger partial charge < -0.3 is 16.4 Å². The molecular weight excluding hydrogens is 490 g/mol. The molecule has 2 amide bonds. The van der Waals surface area contributed by atoms with E-state index in [0.29, 0.717) is 28.8 Å². The Labute approximate surface area is 228 Å². The maximum absolute atomic E-state index is 13.5. The lowest BCUT2D eigenvalue weighted by molar-refractivity contribution is -0.129. The van der Waals surface area contributed by atoms with Gasteiger partial charge in [-0.25, -0.2) is 9.67 Å². The number of carbonyl (C=O) groups excluding carboxylic acids is 2. The molecule has 1 saturated heterocycles. The third-order valence-electron chi connectivity index (χ3n) is 7.49. The summed E-state index contributed by atoms with van der Waals surface area (Å²) in [5.41, 5.74) is 11.3. The maximum Gasteiger partial charge on any atom is 0.252 e. The fourth-order valence-corrected chi connectivity index (χ4v) is 5.37. The molecule has 3 aromatic heterocycles. The number of aromatic nitrogens is 4. The lowest BCUT2D eigenvalue weighted by Gasteiger charge is -2.32. The summed E-state index contributed by atoms with van der Waals surface area (Å²) in [5, 5.41) is 11.2. The van der Waals surface area contributed by atoms with Crippen LogP contribution in [0.1, 0.15) is 56.1 Å². The number of hydrogen-bond acceptors (Lipinski definition) is 6. The van der Waals surface area contributed by atoms with E-state index in [2.05, 4.69) is 22.7 Å². The molecule has 9 heteroatoms. The fourth-order valence-electron chi connectivity index (χ4n) is 5.37. The summed E-state index contributed by atoms with van der Waals surface area (Å²) >= 11 is 0. The van der Waals surface area contributed by atoms with Crippen LogP contribution in [0.4, 0.5) is 0 Å². The zero-order valence-corrected chi connectivity index (χ0v) is 22.8. The average Bonchev–Trinajstić information content (AvgIpc) is 3.36. The lowest BCUT2D eigenvalue weighted by atomic mass is 9.84. The number of carbonyl (C=O) groups is 2. The summed E-state index contributed by atoms with van der Waals surface area (Å²) in [6.07, 6.45) is 4.34. The first-order valence-electron chi connectivity index (χ1n) is 13.5. The van der Waals surface area contributed by atoms with Crippen LogP contribution in [0, 0.1) is 11.8 Å². The standard InChI is InChI=1S/C30H35N7O2/c1-17(2)37-28-25(16-34-37)23(29(38)33-15-24-18(3)11-19(4)35-30(24)39)12-27(36-28)21-9-10-26(32-14-21)22-8-6-5-7-20(22)13-31/h5-10,12,14,16-19,24H,11,13,15,31H2,1-4H3,(H,33,38)(H,35,39). The second-order valence-corrected chi connectivity index (χ2v) is 10.7. The van der Waals surface area contributed by atoms with E-state index in [1.807, 2.05) is 61.9 Å². The van der Waals surface area contributed by atoms with Crippen molar-refractivity contribution in [3.8, 4) is 22.5 Å². The highest BCUT2D eigenvalue weighted by atomic mass is 16.2. The Morgan fingerprint density at radius 1 is 1.15 bits per heavy atom. The number of benzene rings is 1. The summed E-state index contributed by atoms with van der Waals surface area (Å²) in [6.45, 7) is 8.81. The minimum Gasteiger partial charge on any atom is -0.353 e. The molecule has 3 atom stereocenters. The highest BCUT2D eigenvalue weighted by Crippen LogP contribution is 2.29. The van der Waals surface area contributed by atoms with E-state index in [-0.39, 0.29) is 42.3 Å². The van der Waals surface area contributed by atoms with Gasteiger partial charge in [-0.2, -0.15) is 5.10 Å². The van der Waals surface area contributed by atoms with E-state index >= 15 is 0 Å². The molecule has 9 nitrogen and oxygen atoms in total. The van der Waals surface area contributed by atoms with Gasteiger partial charge in [0, 0.05) is 42.5 Å². The number of nitrogens with zero attached hydrogens (tertiary/aromatic N) is 4. The summed E-state index contributed by atoms with van der Waals surface area (Å²) in [5.74, 6) is -0.364. The quantitative estimate of drug-likeness (QED) is 0.333. The first-order valence-corrected chi connectivity index (χ1v) is 13.5. The highest BCUT2D eigenvalue weighted by molar-refractivity contribution is 6.06. The Morgan fingerprint density at radius 2 is 1.95 bits per heavy atom. The predicted octanol–water partition coefficient (Wildman–Crippen LogP) is 4.09. The highest BCUT2D eigenvalue weighted by Gasteiger charge is 2.32. The van der Waals surface area contributed by atoms with Gasteiger partial charge in [-0.3, -0.25) is 14.6 Å². The Hall–Kier alpha value is -4.11. The van der Waals surface area contributed by atoms with E-state index < -0.39 is 0 Å². The van der Waals surface area contributed by atoms with Crippen LogP contribution in [0.5, 0.6) is 0 Å². The van der Waals surface area contributed by atoms with Crippen LogP contribution < -0.4 is 16.4 Å². The SMILES string of the molecule is CC1CC(C)C(CNC(=O)c2cc(-c3ccc(-c4ccccc4CN)nc3)nc3c2cnn3C(C)C)C(=O)N1. The number of nitrogens with one attached hydrogen (secondary N) is 2. The van der Waals surface area contributed by atoms with Crippen molar-refractivity contribution in [1.29, 1.82) is 0 Å². The molecule has 3 unspecified atom stereocenters. The van der Waals surface area contributed by atoms with Gasteiger partial charge in [-0.15, -0.1) is 0 Å². The number of rotatable bonds is 7. The topological polar surface area (TPSA) is 128 Å². The molecule has 39 heavy (non-hydrogen) atoms. The lowest BCUT2D eigenvalue weighted by Crippen LogP contribution is -2.50. The van der Waals surface area contributed by atoms with Gasteiger partial charge in [-0.1, -0.05) is 31.2 Å². The van der Waals surface area contributed by atoms with Crippen LogP contribution in [0.25, 0.3) is 33.5 Å². The molecule has 0 saturated carbocycles. The van der Waals surface area contributed by atoms with E-state index in [9.17, 15) is 9.59 Å². The number of hydrogen-bond donors (Lipinski definition) is 3. The summed E-state index contributed by atoms with van der Waals surface area (Å²) in [6, 6.07) is 13.8. The Bertz CT molecular complexity index is 1510. The molecule has 1 aliphatic heterocycles. The minimum absolute atomic E-state index is 0.0166. The van der Waals surface area contributed by atoms with Crippen LogP contribution in [0.3, 0.4) is 0 Å². The van der Waals surface area contributed by atoms with Crippen molar-refractivity contribution >= 4 is 22.8 Å². The van der Waals surface area contributed by atoms with Crippen molar-refractivity contribution in [3.05, 3.63) is 66.0 Å². The fraction of sp³-hybridized carbons (Fsp3) is 0.367. The van der Waals surface area contributed by atoms with Gasteiger partial charge in [0.25, 0.3) is 5.91 Å². The van der Waals surface area contributed by atoms with Crippen molar-refractivity contribution in [2.45, 2.75) is 52.7 Å². The molecule has 0 aliphatic carbocycles. The predicted molar refractivity (Wildman–Crippen MR) is 152 cm³/mol. The van der Waals surface area contributed by atoms with Crippen molar-refractivity contribution < 1.29 is 9.59 Å². The Kier molecular flexibility index (Phi) is 7.43. The number of piperidine rings is 1. The Balaban J connectivity index is 1.48. The summed E-state index contributed by atoms with van der Waals surface area (Å²) in [7, 11) is 0. The first-order chi connectivity index (χ1) is 18.8. The first kappa shape index (κ1) is 26.5. The van der Waals surface area contributed by atoms with E-state index in [1.54, 1.807) is 18.5 Å². The maximum atomic E-state index is 13.5. The number of fused-ring (bicyclic) bond motifs is 1. The van der Waals surface area contributed by atoms with Gasteiger partial charge in [0.15, 0.2) is 5.65 Å². The van der Waals surface area contributed by atoms with Crippen LogP contribution in [-0.2, 0) is 11.3 Å². The number of amides is 2. The molecule has 202 valence electrons.